The van der Waals surface area contributed by atoms with E-state index in [1.165, 1.54) is 12.1 Å². The number of ketones is 1. The smallest absolute Gasteiger partial charge is 0.170 e. The van der Waals surface area contributed by atoms with Crippen LogP contribution in [0.2, 0.25) is 10.0 Å². The molecule has 0 aliphatic carbocycles. The summed E-state index contributed by atoms with van der Waals surface area (Å²) in [4.78, 5) is 12.1. The van der Waals surface area contributed by atoms with Crippen molar-refractivity contribution in [1.29, 1.82) is 0 Å². The molecular formula is C14H8BrCl2FO. The van der Waals surface area contributed by atoms with Gasteiger partial charge in [-0.15, -0.1) is 0 Å². The highest BCUT2D eigenvalue weighted by molar-refractivity contribution is 9.10. The Labute approximate surface area is 128 Å². The Balaban J connectivity index is 2.31. The summed E-state index contributed by atoms with van der Waals surface area (Å²) in [7, 11) is 0. The van der Waals surface area contributed by atoms with Crippen LogP contribution in [-0.2, 0) is 6.42 Å². The maximum absolute atomic E-state index is 13.7. The van der Waals surface area contributed by atoms with Crippen molar-refractivity contribution in [2.75, 3.05) is 0 Å². The van der Waals surface area contributed by atoms with Crippen LogP contribution in [0.25, 0.3) is 0 Å². The van der Waals surface area contributed by atoms with E-state index in [1.807, 2.05) is 0 Å². The van der Waals surface area contributed by atoms with Crippen molar-refractivity contribution in [3.05, 3.63) is 67.9 Å². The molecule has 0 atom stereocenters. The normalized spacial score (nSPS) is 10.5. The predicted octanol–water partition coefficient (Wildman–Crippen LogP) is 5.32. The molecule has 0 bridgehead atoms. The maximum Gasteiger partial charge on any atom is 0.170 e. The first kappa shape index (κ1) is 14.5. The Kier molecular flexibility index (Phi) is 4.61. The first-order valence-corrected chi connectivity index (χ1v) is 6.95. The van der Waals surface area contributed by atoms with Crippen LogP contribution in [0.15, 0.2) is 40.9 Å². The number of benzene rings is 2. The van der Waals surface area contributed by atoms with E-state index < -0.39 is 5.82 Å². The second-order valence-electron chi connectivity index (χ2n) is 3.94. The Morgan fingerprint density at radius 3 is 2.53 bits per heavy atom. The molecule has 0 unspecified atom stereocenters. The molecule has 0 aliphatic rings. The van der Waals surface area contributed by atoms with Crippen LogP contribution in [0.1, 0.15) is 15.9 Å². The number of hydrogen-bond donors (Lipinski definition) is 0. The van der Waals surface area contributed by atoms with E-state index in [1.54, 1.807) is 24.3 Å². The summed E-state index contributed by atoms with van der Waals surface area (Å²) >= 11 is 14.9. The SMILES string of the molecule is O=C(Cc1ccccc1Cl)c1cc(Cl)c(Br)cc1F. The van der Waals surface area contributed by atoms with Crippen LogP contribution in [0.3, 0.4) is 0 Å². The van der Waals surface area contributed by atoms with Crippen molar-refractivity contribution < 1.29 is 9.18 Å². The fourth-order valence-corrected chi connectivity index (χ4v) is 2.33. The van der Waals surface area contributed by atoms with Crippen molar-refractivity contribution in [3.8, 4) is 0 Å². The number of carbonyl (C=O) groups is 1. The van der Waals surface area contributed by atoms with E-state index in [2.05, 4.69) is 15.9 Å². The molecule has 2 aromatic rings. The van der Waals surface area contributed by atoms with Crippen molar-refractivity contribution in [2.24, 2.45) is 0 Å². The van der Waals surface area contributed by atoms with Gasteiger partial charge in [0.2, 0.25) is 0 Å². The van der Waals surface area contributed by atoms with Crippen LogP contribution in [-0.4, -0.2) is 5.78 Å². The maximum atomic E-state index is 13.7. The highest BCUT2D eigenvalue weighted by Gasteiger charge is 2.16. The molecule has 2 rings (SSSR count). The number of carbonyl (C=O) groups excluding carboxylic acids is 1. The largest absolute Gasteiger partial charge is 0.294 e. The Morgan fingerprint density at radius 2 is 1.84 bits per heavy atom. The number of halogens is 4. The van der Waals surface area contributed by atoms with Gasteiger partial charge in [0.25, 0.3) is 0 Å². The molecule has 0 heterocycles. The minimum Gasteiger partial charge on any atom is -0.294 e. The van der Waals surface area contributed by atoms with Gasteiger partial charge in [-0.1, -0.05) is 41.4 Å². The molecule has 1 nitrogen and oxygen atoms in total. The van der Waals surface area contributed by atoms with Gasteiger partial charge in [-0.3, -0.25) is 4.79 Å². The molecule has 2 aromatic carbocycles. The third-order valence-corrected chi connectivity index (χ3v) is 4.19. The summed E-state index contributed by atoms with van der Waals surface area (Å²) in [5.74, 6) is -0.965. The number of Topliss-reactive ketones (excluding diaryl/α,β-unsaturated/α-hetero) is 1. The quantitative estimate of drug-likeness (QED) is 0.534. The lowest BCUT2D eigenvalue weighted by atomic mass is 10.0. The standard InChI is InChI=1S/C14H8BrCl2FO/c15-10-7-13(18)9(6-12(10)17)14(19)5-8-3-1-2-4-11(8)16/h1-4,6-7H,5H2. The Bertz CT molecular complexity index is 643. The van der Waals surface area contributed by atoms with Gasteiger partial charge in [0.1, 0.15) is 5.82 Å². The van der Waals surface area contributed by atoms with Crippen LogP contribution >= 0.6 is 39.1 Å². The lowest BCUT2D eigenvalue weighted by molar-refractivity contribution is 0.0989. The van der Waals surface area contributed by atoms with E-state index in [9.17, 15) is 9.18 Å². The second-order valence-corrected chi connectivity index (χ2v) is 5.61. The third kappa shape index (κ3) is 3.35. The summed E-state index contributed by atoms with van der Waals surface area (Å²) in [5, 5.41) is 0.781. The fourth-order valence-electron chi connectivity index (χ4n) is 1.65. The van der Waals surface area contributed by atoms with Gasteiger partial charge in [-0.2, -0.15) is 0 Å². The minimum absolute atomic E-state index is 0.0341. The van der Waals surface area contributed by atoms with E-state index in [0.29, 0.717) is 20.1 Å². The van der Waals surface area contributed by atoms with Crippen molar-refractivity contribution >= 4 is 44.9 Å². The molecule has 0 spiro atoms. The summed E-state index contributed by atoms with van der Waals surface area (Å²) < 4.78 is 14.2. The van der Waals surface area contributed by atoms with Crippen LogP contribution in [0.4, 0.5) is 4.39 Å². The Morgan fingerprint density at radius 1 is 1.16 bits per heavy atom. The summed E-state index contributed by atoms with van der Waals surface area (Å²) in [6.45, 7) is 0. The minimum atomic E-state index is -0.603. The van der Waals surface area contributed by atoms with E-state index in [0.717, 1.165) is 0 Å². The van der Waals surface area contributed by atoms with Crippen molar-refractivity contribution in [3.63, 3.8) is 0 Å². The zero-order valence-corrected chi connectivity index (χ0v) is 12.7. The molecule has 19 heavy (non-hydrogen) atoms. The fraction of sp³-hybridized carbons (Fsp3) is 0.0714. The monoisotopic (exact) mass is 360 g/mol. The molecule has 98 valence electrons. The zero-order valence-electron chi connectivity index (χ0n) is 9.59. The molecule has 0 saturated heterocycles. The van der Waals surface area contributed by atoms with Crippen molar-refractivity contribution in [1.82, 2.24) is 0 Å². The summed E-state index contributed by atoms with van der Waals surface area (Å²) in [6, 6.07) is 9.48. The lowest BCUT2D eigenvalue weighted by Gasteiger charge is -2.06. The molecule has 0 N–H and O–H groups in total. The van der Waals surface area contributed by atoms with Crippen LogP contribution < -0.4 is 0 Å². The van der Waals surface area contributed by atoms with Gasteiger partial charge in [-0.25, -0.2) is 4.39 Å². The van der Waals surface area contributed by atoms with E-state index in [4.69, 9.17) is 23.2 Å². The van der Waals surface area contributed by atoms with E-state index >= 15 is 0 Å². The van der Waals surface area contributed by atoms with Gasteiger partial charge < -0.3 is 0 Å². The molecule has 0 aromatic heterocycles. The predicted molar refractivity (Wildman–Crippen MR) is 78.6 cm³/mol. The van der Waals surface area contributed by atoms with Crippen LogP contribution in [0.5, 0.6) is 0 Å². The summed E-state index contributed by atoms with van der Waals surface area (Å²) in [5.41, 5.74) is 0.626. The van der Waals surface area contributed by atoms with Gasteiger partial charge in [0, 0.05) is 15.9 Å². The van der Waals surface area contributed by atoms with Crippen LogP contribution in [0, 0.1) is 5.82 Å². The highest BCUT2D eigenvalue weighted by Crippen LogP contribution is 2.27. The topological polar surface area (TPSA) is 17.1 Å². The molecule has 0 radical (unpaired) electrons. The lowest BCUT2D eigenvalue weighted by Crippen LogP contribution is -2.06. The van der Waals surface area contributed by atoms with Gasteiger partial charge in [0.15, 0.2) is 5.78 Å². The van der Waals surface area contributed by atoms with Gasteiger partial charge in [0.05, 0.1) is 10.6 Å². The molecule has 5 heteroatoms. The first-order valence-electron chi connectivity index (χ1n) is 5.40. The number of hydrogen-bond acceptors (Lipinski definition) is 1. The van der Waals surface area contributed by atoms with Gasteiger partial charge >= 0.3 is 0 Å². The third-order valence-electron chi connectivity index (χ3n) is 2.62. The molecular weight excluding hydrogens is 354 g/mol. The number of rotatable bonds is 3. The van der Waals surface area contributed by atoms with Crippen molar-refractivity contribution in [2.45, 2.75) is 6.42 Å². The van der Waals surface area contributed by atoms with E-state index in [-0.39, 0.29) is 17.8 Å². The highest BCUT2D eigenvalue weighted by atomic mass is 79.9. The zero-order chi connectivity index (χ0) is 14.0. The summed E-state index contributed by atoms with van der Waals surface area (Å²) in [6.07, 6.45) is 0.0363. The molecule has 0 saturated carbocycles. The molecule has 0 aliphatic heterocycles. The Hall–Kier alpha value is -0.900. The van der Waals surface area contributed by atoms with Gasteiger partial charge in [-0.05, 0) is 39.7 Å². The first-order chi connectivity index (χ1) is 8.99. The molecule has 0 fully saturated rings. The molecule has 0 amide bonds. The average molecular weight is 362 g/mol. The second kappa shape index (κ2) is 6.04. The average Bonchev–Trinajstić information content (AvgIpc) is 2.36.